The van der Waals surface area contributed by atoms with Crippen LogP contribution < -0.4 is 5.32 Å². The molecule has 1 fully saturated rings. The Morgan fingerprint density at radius 2 is 2.22 bits per heavy atom. The SMILES string of the molecule is CNC(C)C1(C#N)CC1. The molecule has 0 aliphatic heterocycles. The largest absolute Gasteiger partial charge is 0.316 e. The number of hydrogen-bond donors (Lipinski definition) is 1. The van der Waals surface area contributed by atoms with Crippen LogP contribution in [0.4, 0.5) is 0 Å². The van der Waals surface area contributed by atoms with Crippen LogP contribution in [0.5, 0.6) is 0 Å². The molecule has 1 saturated carbocycles. The summed E-state index contributed by atoms with van der Waals surface area (Å²) in [4.78, 5) is 0. The fraction of sp³-hybridized carbons (Fsp3) is 0.857. The molecular formula is C7H12N2. The van der Waals surface area contributed by atoms with Gasteiger partial charge in [0.05, 0.1) is 11.5 Å². The first-order chi connectivity index (χ1) is 4.25. The smallest absolute Gasteiger partial charge is 0.0725 e. The molecular weight excluding hydrogens is 112 g/mol. The van der Waals surface area contributed by atoms with E-state index in [1.165, 1.54) is 0 Å². The second-order valence-corrected chi connectivity index (χ2v) is 2.78. The van der Waals surface area contributed by atoms with Crippen molar-refractivity contribution >= 4 is 0 Å². The van der Waals surface area contributed by atoms with Crippen molar-refractivity contribution in [2.24, 2.45) is 5.41 Å². The average molecular weight is 124 g/mol. The molecule has 9 heavy (non-hydrogen) atoms. The van der Waals surface area contributed by atoms with Gasteiger partial charge in [-0.2, -0.15) is 5.26 Å². The minimum atomic E-state index is -0.00521. The molecule has 1 aliphatic rings. The summed E-state index contributed by atoms with van der Waals surface area (Å²) >= 11 is 0. The van der Waals surface area contributed by atoms with Crippen LogP contribution in [0, 0.1) is 16.7 Å². The minimum Gasteiger partial charge on any atom is -0.316 e. The molecule has 1 unspecified atom stereocenters. The quantitative estimate of drug-likeness (QED) is 0.593. The Hall–Kier alpha value is -0.550. The van der Waals surface area contributed by atoms with Gasteiger partial charge in [0.25, 0.3) is 0 Å². The van der Waals surface area contributed by atoms with Gasteiger partial charge in [-0.3, -0.25) is 0 Å². The highest BCUT2D eigenvalue weighted by Crippen LogP contribution is 2.47. The Balaban J connectivity index is 2.52. The van der Waals surface area contributed by atoms with Crippen molar-refractivity contribution in [1.82, 2.24) is 5.32 Å². The van der Waals surface area contributed by atoms with E-state index in [4.69, 9.17) is 5.26 Å². The number of nitrogens with zero attached hydrogens (tertiary/aromatic N) is 1. The number of hydrogen-bond acceptors (Lipinski definition) is 2. The van der Waals surface area contributed by atoms with Gasteiger partial charge >= 0.3 is 0 Å². The number of nitrogens with one attached hydrogen (secondary N) is 1. The first-order valence-electron chi connectivity index (χ1n) is 3.34. The van der Waals surface area contributed by atoms with Crippen LogP contribution in [0.2, 0.25) is 0 Å². The fourth-order valence-electron chi connectivity index (χ4n) is 1.05. The number of nitriles is 1. The van der Waals surface area contributed by atoms with Crippen LogP contribution in [0.1, 0.15) is 19.8 Å². The summed E-state index contributed by atoms with van der Waals surface area (Å²) in [5, 5.41) is 11.8. The Labute approximate surface area is 55.9 Å². The second-order valence-electron chi connectivity index (χ2n) is 2.78. The predicted molar refractivity (Wildman–Crippen MR) is 35.8 cm³/mol. The highest BCUT2D eigenvalue weighted by molar-refractivity contribution is 5.14. The van der Waals surface area contributed by atoms with Crippen LogP contribution in [0.15, 0.2) is 0 Å². The summed E-state index contributed by atoms with van der Waals surface area (Å²) in [6, 6.07) is 2.70. The molecule has 0 spiro atoms. The maximum absolute atomic E-state index is 8.67. The lowest BCUT2D eigenvalue weighted by molar-refractivity contribution is 0.461. The lowest BCUT2D eigenvalue weighted by atomic mass is 10.0. The predicted octanol–water partition coefficient (Wildman–Crippen LogP) is 0.898. The van der Waals surface area contributed by atoms with Crippen LogP contribution in [0.3, 0.4) is 0 Å². The summed E-state index contributed by atoms with van der Waals surface area (Å²) in [5.74, 6) is 0. The summed E-state index contributed by atoms with van der Waals surface area (Å²) in [5.41, 5.74) is -0.00521. The molecule has 0 radical (unpaired) electrons. The zero-order valence-corrected chi connectivity index (χ0v) is 5.94. The second kappa shape index (κ2) is 2.00. The molecule has 1 aliphatic carbocycles. The van der Waals surface area contributed by atoms with E-state index in [0.29, 0.717) is 6.04 Å². The first-order valence-corrected chi connectivity index (χ1v) is 3.34. The van der Waals surface area contributed by atoms with Crippen molar-refractivity contribution in [1.29, 1.82) is 5.26 Å². The Morgan fingerprint density at radius 1 is 1.67 bits per heavy atom. The summed E-state index contributed by atoms with van der Waals surface area (Å²) in [6.07, 6.45) is 2.15. The first kappa shape index (κ1) is 6.57. The van der Waals surface area contributed by atoms with E-state index in [0.717, 1.165) is 12.8 Å². The summed E-state index contributed by atoms with van der Waals surface area (Å²) < 4.78 is 0. The zero-order chi connectivity index (χ0) is 6.91. The molecule has 0 saturated heterocycles. The van der Waals surface area contributed by atoms with E-state index in [9.17, 15) is 0 Å². The van der Waals surface area contributed by atoms with Crippen LogP contribution >= 0.6 is 0 Å². The Morgan fingerprint density at radius 3 is 2.33 bits per heavy atom. The molecule has 2 heteroatoms. The van der Waals surface area contributed by atoms with Gasteiger partial charge in [-0.05, 0) is 26.8 Å². The summed E-state index contributed by atoms with van der Waals surface area (Å²) in [7, 11) is 1.90. The highest BCUT2D eigenvalue weighted by atomic mass is 14.9. The molecule has 0 aromatic carbocycles. The Bertz CT molecular complexity index is 141. The van der Waals surface area contributed by atoms with Crippen molar-refractivity contribution in [3.05, 3.63) is 0 Å². The van der Waals surface area contributed by atoms with Gasteiger partial charge < -0.3 is 5.32 Å². The molecule has 0 bridgehead atoms. The monoisotopic (exact) mass is 124 g/mol. The standard InChI is InChI=1S/C7H12N2/c1-6(9-2)7(5-8)3-4-7/h6,9H,3-4H2,1-2H3. The van der Waals surface area contributed by atoms with E-state index in [2.05, 4.69) is 18.3 Å². The molecule has 0 aromatic rings. The summed E-state index contributed by atoms with van der Waals surface area (Å²) in [6.45, 7) is 2.07. The van der Waals surface area contributed by atoms with Gasteiger partial charge in [0.15, 0.2) is 0 Å². The van der Waals surface area contributed by atoms with E-state index in [-0.39, 0.29) is 5.41 Å². The average Bonchev–Trinajstić information content (AvgIpc) is 2.66. The molecule has 2 nitrogen and oxygen atoms in total. The van der Waals surface area contributed by atoms with Gasteiger partial charge in [0.1, 0.15) is 0 Å². The molecule has 1 atom stereocenters. The van der Waals surface area contributed by atoms with Gasteiger partial charge in [-0.25, -0.2) is 0 Å². The fourth-order valence-corrected chi connectivity index (χ4v) is 1.05. The third-order valence-corrected chi connectivity index (χ3v) is 2.27. The topological polar surface area (TPSA) is 35.8 Å². The Kier molecular flexibility index (Phi) is 1.46. The third kappa shape index (κ3) is 0.927. The highest BCUT2D eigenvalue weighted by Gasteiger charge is 2.47. The van der Waals surface area contributed by atoms with Crippen LogP contribution in [-0.2, 0) is 0 Å². The lowest BCUT2D eigenvalue weighted by Gasteiger charge is -2.13. The van der Waals surface area contributed by atoms with E-state index in [1.54, 1.807) is 0 Å². The molecule has 1 rings (SSSR count). The van der Waals surface area contributed by atoms with Gasteiger partial charge in [0.2, 0.25) is 0 Å². The maximum atomic E-state index is 8.67. The van der Waals surface area contributed by atoms with Gasteiger partial charge in [-0.1, -0.05) is 0 Å². The molecule has 1 N–H and O–H groups in total. The van der Waals surface area contributed by atoms with E-state index < -0.39 is 0 Å². The molecule has 50 valence electrons. The molecule has 0 heterocycles. The lowest BCUT2D eigenvalue weighted by Crippen LogP contribution is -2.30. The molecule has 0 aromatic heterocycles. The van der Waals surface area contributed by atoms with Gasteiger partial charge in [0, 0.05) is 6.04 Å². The maximum Gasteiger partial charge on any atom is 0.0725 e. The van der Waals surface area contributed by atoms with Crippen molar-refractivity contribution in [2.45, 2.75) is 25.8 Å². The minimum absolute atomic E-state index is 0.00521. The third-order valence-electron chi connectivity index (χ3n) is 2.27. The number of rotatable bonds is 2. The van der Waals surface area contributed by atoms with Crippen molar-refractivity contribution in [3.8, 4) is 6.07 Å². The molecule has 0 amide bonds. The van der Waals surface area contributed by atoms with Gasteiger partial charge in [-0.15, -0.1) is 0 Å². The van der Waals surface area contributed by atoms with Crippen LogP contribution in [0.25, 0.3) is 0 Å². The van der Waals surface area contributed by atoms with Crippen LogP contribution in [-0.4, -0.2) is 13.1 Å². The van der Waals surface area contributed by atoms with Crippen molar-refractivity contribution < 1.29 is 0 Å². The normalized spacial score (nSPS) is 24.6. The van der Waals surface area contributed by atoms with Crippen molar-refractivity contribution in [2.75, 3.05) is 7.05 Å². The zero-order valence-electron chi connectivity index (χ0n) is 5.94. The van der Waals surface area contributed by atoms with Crippen molar-refractivity contribution in [3.63, 3.8) is 0 Å². The van der Waals surface area contributed by atoms with E-state index in [1.807, 2.05) is 7.05 Å². The van der Waals surface area contributed by atoms with E-state index >= 15 is 0 Å².